The van der Waals surface area contributed by atoms with Crippen molar-refractivity contribution in [3.05, 3.63) is 33.9 Å². The number of hydrogen-bond acceptors (Lipinski definition) is 1. The third kappa shape index (κ3) is 2.79. The van der Waals surface area contributed by atoms with Gasteiger partial charge >= 0.3 is 0 Å². The van der Waals surface area contributed by atoms with Crippen molar-refractivity contribution in [1.82, 2.24) is 5.32 Å². The van der Waals surface area contributed by atoms with Crippen LogP contribution in [0.4, 0.5) is 0 Å². The summed E-state index contributed by atoms with van der Waals surface area (Å²) in [6.07, 6.45) is 4.18. The molecule has 3 atom stereocenters. The van der Waals surface area contributed by atoms with E-state index in [-0.39, 0.29) is 0 Å². The van der Waals surface area contributed by atoms with Crippen LogP contribution in [0.1, 0.15) is 67.0 Å². The fourth-order valence-corrected chi connectivity index (χ4v) is 4.07. The molecule has 0 aliphatic heterocycles. The van der Waals surface area contributed by atoms with Crippen LogP contribution in [0.2, 0.25) is 0 Å². The Hall–Kier alpha value is -0.820. The van der Waals surface area contributed by atoms with E-state index in [9.17, 15) is 0 Å². The SMILES string of the molecule is CCNC(c1c(C)c(C)cc(C)c1C)C1CCCC1C. The summed E-state index contributed by atoms with van der Waals surface area (Å²) in [6, 6.07) is 2.88. The molecular weight excluding hydrogens is 242 g/mol. The van der Waals surface area contributed by atoms with E-state index >= 15 is 0 Å². The molecule has 0 amide bonds. The molecule has 1 aromatic carbocycles. The topological polar surface area (TPSA) is 12.0 Å². The van der Waals surface area contributed by atoms with Gasteiger partial charge in [-0.05, 0) is 80.3 Å². The highest BCUT2D eigenvalue weighted by Gasteiger charge is 2.33. The average molecular weight is 273 g/mol. The summed E-state index contributed by atoms with van der Waals surface area (Å²) >= 11 is 0. The minimum absolute atomic E-state index is 0.538. The lowest BCUT2D eigenvalue weighted by Gasteiger charge is -2.32. The molecular formula is C19H31N. The van der Waals surface area contributed by atoms with Gasteiger partial charge < -0.3 is 5.32 Å². The summed E-state index contributed by atoms with van der Waals surface area (Å²) in [7, 11) is 0. The van der Waals surface area contributed by atoms with Gasteiger partial charge in [0.1, 0.15) is 0 Å². The molecule has 1 aliphatic carbocycles. The maximum Gasteiger partial charge on any atom is 0.0356 e. The van der Waals surface area contributed by atoms with Gasteiger partial charge in [-0.15, -0.1) is 0 Å². The van der Waals surface area contributed by atoms with Crippen LogP contribution in [0, 0.1) is 39.5 Å². The lowest BCUT2D eigenvalue weighted by molar-refractivity contribution is 0.304. The van der Waals surface area contributed by atoms with Gasteiger partial charge in [0.2, 0.25) is 0 Å². The van der Waals surface area contributed by atoms with E-state index in [4.69, 9.17) is 0 Å². The van der Waals surface area contributed by atoms with Crippen LogP contribution in [0.15, 0.2) is 6.07 Å². The Bertz CT molecular complexity index is 449. The first-order valence-corrected chi connectivity index (χ1v) is 8.28. The molecule has 0 spiro atoms. The van der Waals surface area contributed by atoms with Crippen molar-refractivity contribution < 1.29 is 0 Å². The maximum atomic E-state index is 3.81. The predicted molar refractivity (Wildman–Crippen MR) is 88.3 cm³/mol. The number of nitrogens with one attached hydrogen (secondary N) is 1. The molecule has 112 valence electrons. The molecule has 2 rings (SSSR count). The first kappa shape index (κ1) is 15.6. The molecule has 1 heteroatoms. The summed E-state index contributed by atoms with van der Waals surface area (Å²) in [5.41, 5.74) is 7.47. The van der Waals surface area contributed by atoms with Crippen molar-refractivity contribution in [2.75, 3.05) is 6.54 Å². The Morgan fingerprint density at radius 1 is 1.10 bits per heavy atom. The molecule has 0 saturated heterocycles. The monoisotopic (exact) mass is 273 g/mol. The molecule has 1 saturated carbocycles. The van der Waals surface area contributed by atoms with E-state index in [1.165, 1.54) is 41.5 Å². The average Bonchev–Trinajstić information content (AvgIpc) is 2.82. The van der Waals surface area contributed by atoms with Gasteiger partial charge in [0, 0.05) is 6.04 Å². The largest absolute Gasteiger partial charge is 0.310 e. The van der Waals surface area contributed by atoms with Crippen LogP contribution in [0.5, 0.6) is 0 Å². The third-order valence-corrected chi connectivity index (χ3v) is 5.52. The highest BCUT2D eigenvalue weighted by atomic mass is 14.9. The lowest BCUT2D eigenvalue weighted by Crippen LogP contribution is -2.31. The summed E-state index contributed by atoms with van der Waals surface area (Å²) < 4.78 is 0. The second-order valence-corrected chi connectivity index (χ2v) is 6.78. The zero-order valence-corrected chi connectivity index (χ0v) is 14.1. The Labute approximate surface area is 125 Å². The first-order valence-electron chi connectivity index (χ1n) is 8.28. The molecule has 0 radical (unpaired) electrons. The minimum Gasteiger partial charge on any atom is -0.310 e. The van der Waals surface area contributed by atoms with Gasteiger partial charge in [-0.1, -0.05) is 32.8 Å². The van der Waals surface area contributed by atoms with Gasteiger partial charge in [0.25, 0.3) is 0 Å². The molecule has 0 aromatic heterocycles. The lowest BCUT2D eigenvalue weighted by atomic mass is 9.80. The fraction of sp³-hybridized carbons (Fsp3) is 0.684. The summed E-state index contributed by atoms with van der Waals surface area (Å²) in [5.74, 6) is 1.65. The highest BCUT2D eigenvalue weighted by molar-refractivity contribution is 5.46. The molecule has 1 nitrogen and oxygen atoms in total. The zero-order chi connectivity index (χ0) is 14.9. The summed E-state index contributed by atoms with van der Waals surface area (Å²) in [6.45, 7) is 14.9. The molecule has 0 heterocycles. The van der Waals surface area contributed by atoms with Crippen molar-refractivity contribution in [3.63, 3.8) is 0 Å². The number of rotatable bonds is 4. The van der Waals surface area contributed by atoms with E-state index < -0.39 is 0 Å². The van der Waals surface area contributed by atoms with Crippen molar-refractivity contribution in [2.24, 2.45) is 11.8 Å². The van der Waals surface area contributed by atoms with E-state index in [1.54, 1.807) is 5.56 Å². The Kier molecular flexibility index (Phi) is 4.90. The van der Waals surface area contributed by atoms with Gasteiger partial charge in [-0.25, -0.2) is 0 Å². The van der Waals surface area contributed by atoms with E-state index in [0.717, 1.165) is 18.4 Å². The standard InChI is InChI=1S/C19H31N/c1-7-20-19(17-10-8-9-12(17)2)18-15(5)13(3)11-14(4)16(18)6/h11-12,17,19-20H,7-10H2,1-6H3. The zero-order valence-electron chi connectivity index (χ0n) is 14.1. The van der Waals surface area contributed by atoms with E-state index in [2.05, 4.69) is 52.9 Å². The Balaban J connectivity index is 2.49. The van der Waals surface area contributed by atoms with Crippen LogP contribution >= 0.6 is 0 Å². The Morgan fingerprint density at radius 2 is 1.70 bits per heavy atom. The van der Waals surface area contributed by atoms with E-state index in [0.29, 0.717) is 6.04 Å². The third-order valence-electron chi connectivity index (χ3n) is 5.52. The number of hydrogen-bond donors (Lipinski definition) is 1. The maximum absolute atomic E-state index is 3.81. The van der Waals surface area contributed by atoms with Gasteiger partial charge in [-0.3, -0.25) is 0 Å². The Morgan fingerprint density at radius 3 is 2.15 bits per heavy atom. The fourth-order valence-electron chi connectivity index (χ4n) is 4.07. The second kappa shape index (κ2) is 6.30. The normalized spacial score (nSPS) is 24.1. The van der Waals surface area contributed by atoms with Crippen LogP contribution < -0.4 is 5.32 Å². The van der Waals surface area contributed by atoms with Gasteiger partial charge in [0.05, 0.1) is 0 Å². The van der Waals surface area contributed by atoms with Crippen molar-refractivity contribution in [2.45, 2.75) is 66.8 Å². The summed E-state index contributed by atoms with van der Waals surface area (Å²) in [4.78, 5) is 0. The second-order valence-electron chi connectivity index (χ2n) is 6.78. The highest BCUT2D eigenvalue weighted by Crippen LogP contribution is 2.42. The van der Waals surface area contributed by atoms with Crippen molar-refractivity contribution in [3.8, 4) is 0 Å². The predicted octanol–water partition coefficient (Wildman–Crippen LogP) is 5.01. The molecule has 1 aromatic rings. The first-order chi connectivity index (χ1) is 9.47. The molecule has 0 bridgehead atoms. The van der Waals surface area contributed by atoms with Crippen LogP contribution in [-0.4, -0.2) is 6.54 Å². The molecule has 3 unspecified atom stereocenters. The van der Waals surface area contributed by atoms with E-state index in [1.807, 2.05) is 0 Å². The number of benzene rings is 1. The van der Waals surface area contributed by atoms with Gasteiger partial charge in [-0.2, -0.15) is 0 Å². The molecule has 1 aliphatic rings. The summed E-state index contributed by atoms with van der Waals surface area (Å²) in [5, 5.41) is 3.81. The van der Waals surface area contributed by atoms with Crippen LogP contribution in [0.3, 0.4) is 0 Å². The minimum atomic E-state index is 0.538. The smallest absolute Gasteiger partial charge is 0.0356 e. The van der Waals surface area contributed by atoms with Crippen molar-refractivity contribution >= 4 is 0 Å². The van der Waals surface area contributed by atoms with Crippen molar-refractivity contribution in [1.29, 1.82) is 0 Å². The molecule has 1 fully saturated rings. The molecule has 20 heavy (non-hydrogen) atoms. The number of aryl methyl sites for hydroxylation is 2. The van der Waals surface area contributed by atoms with Crippen LogP contribution in [-0.2, 0) is 0 Å². The quantitative estimate of drug-likeness (QED) is 0.813. The van der Waals surface area contributed by atoms with Crippen LogP contribution in [0.25, 0.3) is 0 Å². The molecule has 1 N–H and O–H groups in total. The van der Waals surface area contributed by atoms with Gasteiger partial charge in [0.15, 0.2) is 0 Å².